The standard InChI is InChI=1S/C20H26N4O/c1-2-3-11-22-20(25)17-9-10-19(23-14-17)24-13-12-21-18(15-24)16-7-5-4-6-8-16/h4-10,14,18,21H,2-3,11-13,15H2,1H3,(H,22,25)/t18-/m1/s1. The first kappa shape index (κ1) is 17.4. The van der Waals surface area contributed by atoms with Crippen molar-refractivity contribution >= 4 is 11.7 Å². The molecule has 5 nitrogen and oxygen atoms in total. The minimum Gasteiger partial charge on any atom is -0.353 e. The highest BCUT2D eigenvalue weighted by Gasteiger charge is 2.21. The van der Waals surface area contributed by atoms with Crippen molar-refractivity contribution in [3.8, 4) is 0 Å². The SMILES string of the molecule is CCCCNC(=O)c1ccc(N2CCN[C@@H](c3ccccc3)C2)nc1. The number of aromatic nitrogens is 1. The Labute approximate surface area is 149 Å². The van der Waals surface area contributed by atoms with Gasteiger partial charge in [-0.1, -0.05) is 43.7 Å². The second-order valence-corrected chi connectivity index (χ2v) is 6.38. The van der Waals surface area contributed by atoms with Crippen molar-refractivity contribution in [1.82, 2.24) is 15.6 Å². The van der Waals surface area contributed by atoms with Crippen LogP contribution in [0.2, 0.25) is 0 Å². The first-order valence-corrected chi connectivity index (χ1v) is 9.05. The van der Waals surface area contributed by atoms with Crippen LogP contribution in [0.25, 0.3) is 0 Å². The fraction of sp³-hybridized carbons (Fsp3) is 0.400. The Bertz CT molecular complexity index is 672. The number of pyridine rings is 1. The van der Waals surface area contributed by atoms with E-state index in [9.17, 15) is 4.79 Å². The Kier molecular flexibility index (Phi) is 6.01. The first-order chi connectivity index (χ1) is 12.3. The van der Waals surface area contributed by atoms with Gasteiger partial charge in [-0.25, -0.2) is 4.98 Å². The number of nitrogens with one attached hydrogen (secondary N) is 2. The molecule has 2 aromatic rings. The molecule has 0 saturated carbocycles. The quantitative estimate of drug-likeness (QED) is 0.795. The molecule has 132 valence electrons. The second kappa shape index (κ2) is 8.62. The second-order valence-electron chi connectivity index (χ2n) is 6.38. The van der Waals surface area contributed by atoms with Crippen molar-refractivity contribution in [3.05, 3.63) is 59.8 Å². The van der Waals surface area contributed by atoms with E-state index in [-0.39, 0.29) is 5.91 Å². The van der Waals surface area contributed by atoms with E-state index >= 15 is 0 Å². The highest BCUT2D eigenvalue weighted by atomic mass is 16.1. The van der Waals surface area contributed by atoms with Crippen LogP contribution in [0.5, 0.6) is 0 Å². The zero-order valence-corrected chi connectivity index (χ0v) is 14.7. The van der Waals surface area contributed by atoms with Crippen molar-refractivity contribution < 1.29 is 4.79 Å². The maximum atomic E-state index is 12.1. The average Bonchev–Trinajstić information content (AvgIpc) is 2.69. The molecule has 0 unspecified atom stereocenters. The summed E-state index contributed by atoms with van der Waals surface area (Å²) in [4.78, 5) is 18.9. The number of carbonyl (C=O) groups is 1. The third kappa shape index (κ3) is 4.57. The number of amides is 1. The molecule has 2 N–H and O–H groups in total. The highest BCUT2D eigenvalue weighted by Crippen LogP contribution is 2.21. The van der Waals surface area contributed by atoms with Crippen LogP contribution >= 0.6 is 0 Å². The molecule has 0 bridgehead atoms. The third-order valence-corrected chi connectivity index (χ3v) is 4.53. The molecule has 1 amide bonds. The van der Waals surface area contributed by atoms with Gasteiger partial charge in [-0.2, -0.15) is 0 Å². The molecule has 0 aliphatic carbocycles. The minimum atomic E-state index is -0.0463. The zero-order valence-electron chi connectivity index (χ0n) is 14.7. The van der Waals surface area contributed by atoms with E-state index in [1.807, 2.05) is 18.2 Å². The summed E-state index contributed by atoms with van der Waals surface area (Å²) in [7, 11) is 0. The highest BCUT2D eigenvalue weighted by molar-refractivity contribution is 5.94. The van der Waals surface area contributed by atoms with E-state index in [1.54, 1.807) is 6.20 Å². The molecular weight excluding hydrogens is 312 g/mol. The van der Waals surface area contributed by atoms with Crippen molar-refractivity contribution in [2.75, 3.05) is 31.1 Å². The van der Waals surface area contributed by atoms with Gasteiger partial charge in [-0.15, -0.1) is 0 Å². The number of hydrogen-bond acceptors (Lipinski definition) is 4. The average molecular weight is 338 g/mol. The number of anilines is 1. The lowest BCUT2D eigenvalue weighted by molar-refractivity contribution is 0.0953. The number of carbonyl (C=O) groups excluding carboxylic acids is 1. The maximum absolute atomic E-state index is 12.1. The van der Waals surface area contributed by atoms with Gasteiger partial charge >= 0.3 is 0 Å². The van der Waals surface area contributed by atoms with Gasteiger partial charge in [-0.3, -0.25) is 4.79 Å². The van der Waals surface area contributed by atoms with E-state index in [0.29, 0.717) is 18.2 Å². The molecule has 5 heteroatoms. The van der Waals surface area contributed by atoms with E-state index in [4.69, 9.17) is 0 Å². The molecule has 3 rings (SSSR count). The number of benzene rings is 1. The fourth-order valence-corrected chi connectivity index (χ4v) is 3.05. The first-order valence-electron chi connectivity index (χ1n) is 9.05. The van der Waals surface area contributed by atoms with Crippen LogP contribution < -0.4 is 15.5 Å². The Balaban J connectivity index is 1.62. The van der Waals surface area contributed by atoms with Crippen LogP contribution in [0.1, 0.15) is 41.7 Å². The molecule has 1 aliphatic heterocycles. The Morgan fingerprint density at radius 1 is 1.28 bits per heavy atom. The van der Waals surface area contributed by atoms with E-state index in [0.717, 1.165) is 38.3 Å². The summed E-state index contributed by atoms with van der Waals surface area (Å²) < 4.78 is 0. The van der Waals surface area contributed by atoms with Crippen LogP contribution in [0, 0.1) is 0 Å². The minimum absolute atomic E-state index is 0.0463. The van der Waals surface area contributed by atoms with Crippen LogP contribution in [0.4, 0.5) is 5.82 Å². The van der Waals surface area contributed by atoms with Crippen LogP contribution in [0.15, 0.2) is 48.7 Å². The van der Waals surface area contributed by atoms with Crippen molar-refractivity contribution in [2.24, 2.45) is 0 Å². The van der Waals surface area contributed by atoms with Gasteiger partial charge in [0.05, 0.1) is 5.56 Å². The molecule has 1 aromatic carbocycles. The number of hydrogen-bond donors (Lipinski definition) is 2. The van der Waals surface area contributed by atoms with Gasteiger partial charge in [-0.05, 0) is 24.1 Å². The van der Waals surface area contributed by atoms with E-state index in [2.05, 4.69) is 51.7 Å². The van der Waals surface area contributed by atoms with E-state index < -0.39 is 0 Å². The van der Waals surface area contributed by atoms with Crippen LogP contribution in [-0.4, -0.2) is 37.1 Å². The third-order valence-electron chi connectivity index (χ3n) is 4.53. The summed E-state index contributed by atoms with van der Waals surface area (Å²) in [6, 6.07) is 14.6. The van der Waals surface area contributed by atoms with Crippen LogP contribution in [-0.2, 0) is 0 Å². The van der Waals surface area contributed by atoms with Gasteiger partial charge in [0, 0.05) is 38.4 Å². The lowest BCUT2D eigenvalue weighted by Gasteiger charge is -2.34. The number of rotatable bonds is 6. The monoisotopic (exact) mass is 338 g/mol. The van der Waals surface area contributed by atoms with Crippen molar-refractivity contribution in [3.63, 3.8) is 0 Å². The zero-order chi connectivity index (χ0) is 17.5. The Hall–Kier alpha value is -2.40. The smallest absolute Gasteiger partial charge is 0.252 e. The molecule has 2 heterocycles. The molecule has 1 atom stereocenters. The van der Waals surface area contributed by atoms with Gasteiger partial charge in [0.15, 0.2) is 0 Å². The molecule has 1 aliphatic rings. The van der Waals surface area contributed by atoms with Gasteiger partial charge in [0.1, 0.15) is 5.82 Å². The topological polar surface area (TPSA) is 57.3 Å². The lowest BCUT2D eigenvalue weighted by atomic mass is 10.0. The lowest BCUT2D eigenvalue weighted by Crippen LogP contribution is -2.46. The van der Waals surface area contributed by atoms with Gasteiger partial charge in [0.2, 0.25) is 0 Å². The van der Waals surface area contributed by atoms with Gasteiger partial charge < -0.3 is 15.5 Å². The van der Waals surface area contributed by atoms with Crippen LogP contribution in [0.3, 0.4) is 0 Å². The molecule has 0 radical (unpaired) electrons. The summed E-state index contributed by atoms with van der Waals surface area (Å²) in [6.07, 6.45) is 3.75. The van der Waals surface area contributed by atoms with E-state index in [1.165, 1.54) is 5.56 Å². The number of nitrogens with zero attached hydrogens (tertiary/aromatic N) is 2. The fourth-order valence-electron chi connectivity index (χ4n) is 3.05. The summed E-state index contributed by atoms with van der Waals surface area (Å²) in [6.45, 7) is 5.53. The number of unbranched alkanes of at least 4 members (excludes halogenated alkanes) is 1. The molecule has 0 spiro atoms. The molecule has 25 heavy (non-hydrogen) atoms. The summed E-state index contributed by atoms with van der Waals surface area (Å²) in [5, 5.41) is 6.48. The predicted octanol–water partition coefficient (Wildman–Crippen LogP) is 2.76. The summed E-state index contributed by atoms with van der Waals surface area (Å²) >= 11 is 0. The molecular formula is C20H26N4O. The van der Waals surface area contributed by atoms with Crippen molar-refractivity contribution in [2.45, 2.75) is 25.8 Å². The predicted molar refractivity (Wildman–Crippen MR) is 101 cm³/mol. The Morgan fingerprint density at radius 2 is 2.12 bits per heavy atom. The maximum Gasteiger partial charge on any atom is 0.252 e. The molecule has 1 fully saturated rings. The molecule has 1 saturated heterocycles. The summed E-state index contributed by atoms with van der Waals surface area (Å²) in [5.74, 6) is 0.877. The Morgan fingerprint density at radius 3 is 2.84 bits per heavy atom. The molecule has 1 aromatic heterocycles. The van der Waals surface area contributed by atoms with Gasteiger partial charge in [0.25, 0.3) is 5.91 Å². The summed E-state index contributed by atoms with van der Waals surface area (Å²) in [5.41, 5.74) is 1.91. The normalized spacial score (nSPS) is 17.3. The van der Waals surface area contributed by atoms with Crippen molar-refractivity contribution in [1.29, 1.82) is 0 Å². The largest absolute Gasteiger partial charge is 0.353 e. The number of piperazine rings is 1.